The monoisotopic (exact) mass is 260 g/mol. The van der Waals surface area contributed by atoms with E-state index in [1.165, 1.54) is 0 Å². The van der Waals surface area contributed by atoms with Gasteiger partial charge in [-0.25, -0.2) is 0 Å². The highest BCUT2D eigenvalue weighted by Gasteiger charge is 2.09. The number of nitrogens with two attached hydrogens (primary N) is 1. The molecule has 1 aromatic carbocycles. The molecule has 0 fully saturated rings. The van der Waals surface area contributed by atoms with Crippen LogP contribution in [0.25, 0.3) is 0 Å². The van der Waals surface area contributed by atoms with Gasteiger partial charge in [0.1, 0.15) is 0 Å². The second-order valence-electron chi connectivity index (χ2n) is 3.34. The van der Waals surface area contributed by atoms with Crippen molar-refractivity contribution in [3.63, 3.8) is 0 Å². The normalized spacial score (nSPS) is 11.4. The lowest BCUT2D eigenvalue weighted by Crippen LogP contribution is -2.29. The van der Waals surface area contributed by atoms with E-state index in [1.54, 1.807) is 23.9 Å². The maximum absolute atomic E-state index is 11.7. The summed E-state index contributed by atoms with van der Waals surface area (Å²) in [7, 11) is 0. The number of hydrogen-bond donors (Lipinski definition) is 2. The van der Waals surface area contributed by atoms with E-state index in [0.717, 1.165) is 0 Å². The fraction of sp³-hybridized carbons (Fsp3) is 0.364. The zero-order chi connectivity index (χ0) is 11.3. The van der Waals surface area contributed by atoms with E-state index in [0.29, 0.717) is 23.0 Å². The van der Waals surface area contributed by atoms with Crippen LogP contribution in [0.1, 0.15) is 17.3 Å². The summed E-state index contributed by atoms with van der Waals surface area (Å²) in [6, 6.07) is 7.08. The summed E-state index contributed by atoms with van der Waals surface area (Å²) in [4.78, 5) is 11.7. The number of amides is 1. The van der Waals surface area contributed by atoms with Crippen LogP contribution in [0.5, 0.6) is 0 Å². The predicted molar refractivity (Wildman–Crippen MR) is 73.4 cm³/mol. The number of nitrogen functional groups attached to an aromatic ring is 1. The molecule has 0 aliphatic heterocycles. The zero-order valence-electron chi connectivity index (χ0n) is 9.40. The third-order valence-corrected chi connectivity index (χ3v) is 3.13. The van der Waals surface area contributed by atoms with Crippen molar-refractivity contribution in [3.05, 3.63) is 29.8 Å². The van der Waals surface area contributed by atoms with E-state index in [4.69, 9.17) is 5.73 Å². The van der Waals surface area contributed by atoms with Gasteiger partial charge in [-0.2, -0.15) is 11.8 Å². The van der Waals surface area contributed by atoms with Crippen molar-refractivity contribution < 1.29 is 4.79 Å². The van der Waals surface area contributed by atoms with E-state index in [1.807, 2.05) is 18.4 Å². The SMILES string of the molecule is CSC(C)CNC(=O)c1ccccc1N.Cl. The fourth-order valence-corrected chi connectivity index (χ4v) is 1.37. The lowest BCUT2D eigenvalue weighted by Gasteiger charge is -2.10. The fourth-order valence-electron chi connectivity index (χ4n) is 1.12. The molecule has 1 unspecified atom stereocenters. The van der Waals surface area contributed by atoms with E-state index in [-0.39, 0.29) is 18.3 Å². The van der Waals surface area contributed by atoms with Crippen LogP contribution in [-0.2, 0) is 0 Å². The van der Waals surface area contributed by atoms with E-state index >= 15 is 0 Å². The molecule has 0 heterocycles. The number of nitrogens with one attached hydrogen (secondary N) is 1. The molecule has 16 heavy (non-hydrogen) atoms. The Kier molecular flexibility index (Phi) is 7.01. The molecule has 3 nitrogen and oxygen atoms in total. The van der Waals surface area contributed by atoms with Gasteiger partial charge >= 0.3 is 0 Å². The van der Waals surface area contributed by atoms with E-state index in [2.05, 4.69) is 12.2 Å². The molecule has 0 radical (unpaired) electrons. The average molecular weight is 261 g/mol. The number of para-hydroxylation sites is 1. The van der Waals surface area contributed by atoms with Crippen LogP contribution in [0.4, 0.5) is 5.69 Å². The Balaban J connectivity index is 0.00000225. The average Bonchev–Trinajstić information content (AvgIpc) is 2.26. The third-order valence-electron chi connectivity index (χ3n) is 2.16. The standard InChI is InChI=1S/C11H16N2OS.ClH/c1-8(15-2)7-13-11(14)9-5-3-4-6-10(9)12;/h3-6,8H,7,12H2,1-2H3,(H,13,14);1H. The zero-order valence-corrected chi connectivity index (χ0v) is 11.0. The third kappa shape index (κ3) is 4.33. The number of halogens is 1. The summed E-state index contributed by atoms with van der Waals surface area (Å²) in [6.07, 6.45) is 2.02. The molecule has 0 saturated carbocycles. The Bertz CT molecular complexity index is 347. The summed E-state index contributed by atoms with van der Waals surface area (Å²) < 4.78 is 0. The van der Waals surface area contributed by atoms with Crippen LogP contribution in [0.3, 0.4) is 0 Å². The maximum atomic E-state index is 11.7. The number of benzene rings is 1. The van der Waals surface area contributed by atoms with E-state index < -0.39 is 0 Å². The number of carbonyl (C=O) groups excluding carboxylic acids is 1. The number of carbonyl (C=O) groups is 1. The molecule has 3 N–H and O–H groups in total. The van der Waals surface area contributed by atoms with Crippen LogP contribution in [0.15, 0.2) is 24.3 Å². The Labute approximate surface area is 107 Å². The van der Waals surface area contributed by atoms with Gasteiger partial charge in [-0.3, -0.25) is 4.79 Å². The first-order valence-corrected chi connectivity index (χ1v) is 6.09. The molecule has 5 heteroatoms. The first-order chi connectivity index (χ1) is 7.15. The predicted octanol–water partition coefficient (Wildman–Crippen LogP) is 2.17. The number of anilines is 1. The summed E-state index contributed by atoms with van der Waals surface area (Å²) in [5.41, 5.74) is 6.76. The van der Waals surface area contributed by atoms with Crippen LogP contribution in [0.2, 0.25) is 0 Å². The molecule has 1 amide bonds. The highest BCUT2D eigenvalue weighted by Crippen LogP contribution is 2.10. The van der Waals surface area contributed by atoms with Crippen molar-refractivity contribution in [2.24, 2.45) is 0 Å². The molecule has 0 bridgehead atoms. The lowest BCUT2D eigenvalue weighted by atomic mass is 10.1. The first-order valence-electron chi connectivity index (χ1n) is 4.80. The summed E-state index contributed by atoms with van der Waals surface area (Å²) in [6.45, 7) is 2.73. The van der Waals surface area contributed by atoms with Gasteiger partial charge in [-0.05, 0) is 18.4 Å². The highest BCUT2D eigenvalue weighted by atomic mass is 35.5. The van der Waals surface area contributed by atoms with Crippen molar-refractivity contribution in [1.29, 1.82) is 0 Å². The molecule has 1 atom stereocenters. The van der Waals surface area contributed by atoms with Gasteiger partial charge in [0.25, 0.3) is 5.91 Å². The van der Waals surface area contributed by atoms with Gasteiger partial charge in [-0.1, -0.05) is 19.1 Å². The largest absolute Gasteiger partial charge is 0.398 e. The first kappa shape index (κ1) is 15.1. The molecular formula is C11H17ClN2OS. The van der Waals surface area contributed by atoms with Crippen molar-refractivity contribution in [3.8, 4) is 0 Å². The minimum Gasteiger partial charge on any atom is -0.398 e. The molecule has 0 saturated heterocycles. The van der Waals surface area contributed by atoms with Gasteiger partial charge in [0.15, 0.2) is 0 Å². The lowest BCUT2D eigenvalue weighted by molar-refractivity contribution is 0.0955. The molecule has 0 aromatic heterocycles. The van der Waals surface area contributed by atoms with Crippen LogP contribution in [0, 0.1) is 0 Å². The Hall–Kier alpha value is -0.870. The van der Waals surface area contributed by atoms with Gasteiger partial charge in [0.2, 0.25) is 0 Å². The summed E-state index contributed by atoms with van der Waals surface area (Å²) in [5, 5.41) is 3.27. The van der Waals surface area contributed by atoms with Gasteiger partial charge in [0, 0.05) is 17.5 Å². The second-order valence-corrected chi connectivity index (χ2v) is 4.62. The summed E-state index contributed by atoms with van der Waals surface area (Å²) in [5.74, 6) is -0.103. The molecule has 1 rings (SSSR count). The minimum absolute atomic E-state index is 0. The van der Waals surface area contributed by atoms with Gasteiger partial charge in [0.05, 0.1) is 5.56 Å². The Morgan fingerprint density at radius 1 is 1.50 bits per heavy atom. The Morgan fingerprint density at radius 2 is 2.12 bits per heavy atom. The minimum atomic E-state index is -0.103. The molecule has 0 aliphatic rings. The topological polar surface area (TPSA) is 55.1 Å². The highest BCUT2D eigenvalue weighted by molar-refractivity contribution is 7.99. The van der Waals surface area contributed by atoms with Crippen LogP contribution >= 0.6 is 24.2 Å². The van der Waals surface area contributed by atoms with Crippen molar-refractivity contribution in [1.82, 2.24) is 5.32 Å². The molecule has 90 valence electrons. The van der Waals surface area contributed by atoms with Crippen molar-refractivity contribution >= 4 is 35.8 Å². The van der Waals surface area contributed by atoms with Gasteiger partial charge in [-0.15, -0.1) is 12.4 Å². The summed E-state index contributed by atoms with van der Waals surface area (Å²) >= 11 is 1.72. The quantitative estimate of drug-likeness (QED) is 0.816. The van der Waals surface area contributed by atoms with Crippen molar-refractivity contribution in [2.45, 2.75) is 12.2 Å². The second kappa shape index (κ2) is 7.41. The molecular weight excluding hydrogens is 244 g/mol. The van der Waals surface area contributed by atoms with Crippen molar-refractivity contribution in [2.75, 3.05) is 18.5 Å². The number of rotatable bonds is 4. The van der Waals surface area contributed by atoms with E-state index in [9.17, 15) is 4.79 Å². The molecule has 0 aliphatic carbocycles. The number of hydrogen-bond acceptors (Lipinski definition) is 3. The maximum Gasteiger partial charge on any atom is 0.253 e. The molecule has 1 aromatic rings. The smallest absolute Gasteiger partial charge is 0.253 e. The number of thioether (sulfide) groups is 1. The molecule has 0 spiro atoms. The van der Waals surface area contributed by atoms with Gasteiger partial charge < -0.3 is 11.1 Å². The Morgan fingerprint density at radius 3 is 2.69 bits per heavy atom. The van der Waals surface area contributed by atoms with Crippen LogP contribution in [-0.4, -0.2) is 24.0 Å². The van der Waals surface area contributed by atoms with Crippen LogP contribution < -0.4 is 11.1 Å².